The quantitative estimate of drug-likeness (QED) is 0.279. The summed E-state index contributed by atoms with van der Waals surface area (Å²) in [5.74, 6) is -0.774. The maximum atomic E-state index is 12.7. The number of alkyl halides is 6. The zero-order valence-electron chi connectivity index (χ0n) is 20.6. The van der Waals surface area contributed by atoms with Gasteiger partial charge >= 0.3 is 12.4 Å². The highest BCUT2D eigenvalue weighted by molar-refractivity contribution is 6.31. The molecule has 2 aromatic rings. The summed E-state index contributed by atoms with van der Waals surface area (Å²) in [6, 6.07) is 8.04. The molecule has 4 nitrogen and oxygen atoms in total. The molecule has 0 radical (unpaired) electrons. The van der Waals surface area contributed by atoms with Gasteiger partial charge in [-0.1, -0.05) is 23.7 Å². The van der Waals surface area contributed by atoms with Gasteiger partial charge in [-0.3, -0.25) is 9.59 Å². The number of Topliss-reactive ketones (excluding diaryl/α,β-unsaturated/α-hetero) is 2. The molecule has 218 valence electrons. The third-order valence-corrected chi connectivity index (χ3v) is 6.78. The summed E-state index contributed by atoms with van der Waals surface area (Å²) in [6.45, 7) is 2.93. The molecule has 2 aliphatic rings. The minimum absolute atomic E-state index is 0. The number of nitrogens with one attached hydrogen (secondary N) is 2. The van der Waals surface area contributed by atoms with E-state index < -0.39 is 23.5 Å². The van der Waals surface area contributed by atoms with Crippen molar-refractivity contribution in [1.29, 1.82) is 0 Å². The Balaban J connectivity index is 0.000000371. The minimum atomic E-state index is -4.54. The Hall–Kier alpha value is -1.85. The van der Waals surface area contributed by atoms with Gasteiger partial charge in [0.1, 0.15) is 0 Å². The molecule has 2 fully saturated rings. The summed E-state index contributed by atoms with van der Waals surface area (Å²) in [6.07, 6.45) is -6.25. The van der Waals surface area contributed by atoms with Gasteiger partial charge in [-0.25, -0.2) is 0 Å². The van der Waals surface area contributed by atoms with Crippen molar-refractivity contribution in [3.63, 3.8) is 0 Å². The lowest BCUT2D eigenvalue weighted by Crippen LogP contribution is -2.32. The van der Waals surface area contributed by atoms with Crippen molar-refractivity contribution in [2.45, 2.75) is 38.0 Å². The molecule has 2 N–H and O–H groups in total. The summed E-state index contributed by atoms with van der Waals surface area (Å²) in [4.78, 5) is 24.2. The SMILES string of the molecule is Cl.Cl.O=C(c1ccc(Cl)c(C(F)(F)F)c1)C1CCNCC1.O=C(c1cccc(C(F)(F)F)c1)C1CCNCC1. The van der Waals surface area contributed by atoms with Crippen molar-refractivity contribution in [3.8, 4) is 0 Å². The maximum absolute atomic E-state index is 12.7. The largest absolute Gasteiger partial charge is 0.417 e. The predicted molar refractivity (Wildman–Crippen MR) is 142 cm³/mol. The number of halogens is 9. The standard InChI is InChI=1S/C13H13ClF3NO.C13H14F3NO.2ClH/c14-11-2-1-9(7-10(11)13(15,16)17)12(19)8-3-5-18-6-4-8;14-13(15,16)11-3-1-2-10(8-11)12(18)9-4-6-17-7-5-9;;/h1-2,7-8,18H,3-6H2;1-3,8-9,17H,4-7H2;2*1H. The van der Waals surface area contributed by atoms with Crippen molar-refractivity contribution < 1.29 is 35.9 Å². The van der Waals surface area contributed by atoms with E-state index in [1.54, 1.807) is 0 Å². The Morgan fingerprint density at radius 3 is 1.59 bits per heavy atom. The predicted octanol–water partition coefficient (Wildman–Crippen LogP) is 7.27. The fourth-order valence-electron chi connectivity index (χ4n) is 4.38. The van der Waals surface area contributed by atoms with Gasteiger partial charge in [0, 0.05) is 23.0 Å². The molecule has 13 heteroatoms. The third-order valence-electron chi connectivity index (χ3n) is 6.45. The maximum Gasteiger partial charge on any atom is 0.417 e. The van der Waals surface area contributed by atoms with Gasteiger partial charge < -0.3 is 10.6 Å². The van der Waals surface area contributed by atoms with E-state index in [9.17, 15) is 35.9 Å². The molecular weight excluding hydrogens is 593 g/mol. The first kappa shape index (κ1) is 35.2. The van der Waals surface area contributed by atoms with E-state index in [2.05, 4.69) is 10.6 Å². The van der Waals surface area contributed by atoms with Gasteiger partial charge in [-0.15, -0.1) is 24.8 Å². The summed E-state index contributed by atoms with van der Waals surface area (Å²) in [5.41, 5.74) is -1.46. The first-order chi connectivity index (χ1) is 17.4. The van der Waals surface area contributed by atoms with E-state index in [0.29, 0.717) is 25.7 Å². The van der Waals surface area contributed by atoms with Crippen LogP contribution in [0.25, 0.3) is 0 Å². The first-order valence-corrected chi connectivity index (χ1v) is 12.3. The van der Waals surface area contributed by atoms with Gasteiger partial charge in [0.15, 0.2) is 11.6 Å². The zero-order valence-corrected chi connectivity index (χ0v) is 23.0. The molecule has 2 aliphatic heterocycles. The molecule has 0 spiro atoms. The Morgan fingerprint density at radius 2 is 1.15 bits per heavy atom. The molecule has 0 aliphatic carbocycles. The summed E-state index contributed by atoms with van der Waals surface area (Å²) in [7, 11) is 0. The summed E-state index contributed by atoms with van der Waals surface area (Å²) < 4.78 is 75.8. The minimum Gasteiger partial charge on any atom is -0.317 e. The molecule has 39 heavy (non-hydrogen) atoms. The number of piperidine rings is 2. The van der Waals surface area contributed by atoms with Gasteiger partial charge in [0.05, 0.1) is 16.1 Å². The van der Waals surface area contributed by atoms with Crippen LogP contribution in [0.5, 0.6) is 0 Å². The number of benzene rings is 2. The number of carbonyl (C=O) groups is 2. The van der Waals surface area contributed by atoms with Crippen LogP contribution in [-0.2, 0) is 12.4 Å². The van der Waals surface area contributed by atoms with Crippen LogP contribution in [0, 0.1) is 11.8 Å². The van der Waals surface area contributed by atoms with E-state index >= 15 is 0 Å². The number of hydrogen-bond acceptors (Lipinski definition) is 4. The lowest BCUT2D eigenvalue weighted by Gasteiger charge is -2.21. The lowest BCUT2D eigenvalue weighted by atomic mass is 9.89. The van der Waals surface area contributed by atoms with Crippen LogP contribution in [0.1, 0.15) is 57.5 Å². The highest BCUT2D eigenvalue weighted by Crippen LogP contribution is 2.36. The van der Waals surface area contributed by atoms with E-state index in [0.717, 1.165) is 50.4 Å². The van der Waals surface area contributed by atoms with Gasteiger partial charge in [-0.2, -0.15) is 26.3 Å². The monoisotopic (exact) mass is 620 g/mol. The molecule has 0 saturated carbocycles. The molecule has 0 aromatic heterocycles. The van der Waals surface area contributed by atoms with Gasteiger partial charge in [0.2, 0.25) is 0 Å². The van der Waals surface area contributed by atoms with E-state index in [-0.39, 0.29) is 64.4 Å². The Bertz CT molecular complexity index is 1100. The second-order valence-corrected chi connectivity index (χ2v) is 9.46. The van der Waals surface area contributed by atoms with Crippen molar-refractivity contribution >= 4 is 48.0 Å². The van der Waals surface area contributed by atoms with E-state index in [4.69, 9.17) is 11.6 Å². The first-order valence-electron chi connectivity index (χ1n) is 11.9. The molecule has 4 rings (SSSR count). The fraction of sp³-hybridized carbons (Fsp3) is 0.462. The van der Waals surface area contributed by atoms with Crippen LogP contribution >= 0.6 is 36.4 Å². The third kappa shape index (κ3) is 9.93. The van der Waals surface area contributed by atoms with Crippen LogP contribution in [-0.4, -0.2) is 37.7 Å². The molecule has 0 atom stereocenters. The highest BCUT2D eigenvalue weighted by atomic mass is 35.5. The average molecular weight is 622 g/mol. The molecule has 0 unspecified atom stereocenters. The normalized spacial score (nSPS) is 16.7. The van der Waals surface area contributed by atoms with E-state index in [1.807, 2.05) is 0 Å². The van der Waals surface area contributed by atoms with Crippen molar-refractivity contribution in [2.24, 2.45) is 11.8 Å². The number of ketones is 2. The molecule has 2 saturated heterocycles. The summed E-state index contributed by atoms with van der Waals surface area (Å²) >= 11 is 5.53. The summed E-state index contributed by atoms with van der Waals surface area (Å²) in [5, 5.41) is 5.86. The second kappa shape index (κ2) is 15.2. The smallest absolute Gasteiger partial charge is 0.317 e. The van der Waals surface area contributed by atoms with Crippen LogP contribution in [0.4, 0.5) is 26.3 Å². The van der Waals surface area contributed by atoms with Crippen LogP contribution in [0.2, 0.25) is 5.02 Å². The molecule has 0 bridgehead atoms. The van der Waals surface area contributed by atoms with Crippen molar-refractivity contribution in [1.82, 2.24) is 10.6 Å². The van der Waals surface area contributed by atoms with Crippen LogP contribution in [0.3, 0.4) is 0 Å². The number of hydrogen-bond donors (Lipinski definition) is 2. The molecule has 2 heterocycles. The average Bonchev–Trinajstić information content (AvgIpc) is 2.88. The highest BCUT2D eigenvalue weighted by Gasteiger charge is 2.35. The molecule has 0 amide bonds. The van der Waals surface area contributed by atoms with Crippen LogP contribution < -0.4 is 10.6 Å². The Morgan fingerprint density at radius 1 is 0.692 bits per heavy atom. The molecular formula is C26H29Cl3F6N2O2. The zero-order chi connectivity index (χ0) is 27.2. The van der Waals surface area contributed by atoms with Gasteiger partial charge in [-0.05, 0) is 82.2 Å². The molecule has 2 aromatic carbocycles. The second-order valence-electron chi connectivity index (χ2n) is 9.05. The fourth-order valence-corrected chi connectivity index (χ4v) is 4.61. The lowest BCUT2D eigenvalue weighted by molar-refractivity contribution is -0.138. The number of carbonyl (C=O) groups excluding carboxylic acids is 2. The number of rotatable bonds is 4. The van der Waals surface area contributed by atoms with Crippen LogP contribution in [0.15, 0.2) is 42.5 Å². The van der Waals surface area contributed by atoms with E-state index in [1.165, 1.54) is 18.2 Å². The van der Waals surface area contributed by atoms with Gasteiger partial charge in [0.25, 0.3) is 0 Å². The van der Waals surface area contributed by atoms with Crippen molar-refractivity contribution in [3.05, 3.63) is 69.7 Å². The Kier molecular flexibility index (Phi) is 13.7. The Labute approximate surface area is 240 Å². The van der Waals surface area contributed by atoms with Crippen molar-refractivity contribution in [2.75, 3.05) is 26.2 Å². The topological polar surface area (TPSA) is 58.2 Å².